The van der Waals surface area contributed by atoms with E-state index in [9.17, 15) is 4.79 Å². The third-order valence-corrected chi connectivity index (χ3v) is 6.08. The smallest absolute Gasteiger partial charge is 0.273 e. The minimum atomic E-state index is -0.200. The number of aromatic nitrogens is 1. The molecule has 5 heteroatoms. The van der Waals surface area contributed by atoms with E-state index in [0.717, 1.165) is 18.7 Å². The summed E-state index contributed by atoms with van der Waals surface area (Å²) < 4.78 is 5.43. The van der Waals surface area contributed by atoms with Gasteiger partial charge < -0.3 is 9.84 Å². The monoisotopic (exact) mass is 417 g/mol. The van der Waals surface area contributed by atoms with E-state index >= 15 is 0 Å². The van der Waals surface area contributed by atoms with Crippen LogP contribution in [0.25, 0.3) is 11.3 Å². The molecule has 0 saturated carbocycles. The number of nitrogens with one attached hydrogen (secondary N) is 1. The first kappa shape index (κ1) is 21.3. The molecule has 0 aliphatic carbocycles. The first-order valence-electron chi connectivity index (χ1n) is 11.2. The van der Waals surface area contributed by atoms with Crippen LogP contribution in [-0.4, -0.2) is 35.6 Å². The van der Waals surface area contributed by atoms with Crippen molar-refractivity contribution in [3.63, 3.8) is 0 Å². The zero-order chi connectivity index (χ0) is 21.6. The molecule has 3 aromatic rings. The van der Waals surface area contributed by atoms with Gasteiger partial charge in [-0.05, 0) is 45.3 Å². The molecule has 1 atom stereocenters. The van der Waals surface area contributed by atoms with E-state index in [4.69, 9.17) is 4.52 Å². The number of hydrogen-bond donors (Lipinski definition) is 1. The molecular formula is C26H31N3O2. The van der Waals surface area contributed by atoms with Crippen LogP contribution in [0.5, 0.6) is 0 Å². The maximum Gasteiger partial charge on any atom is 0.273 e. The van der Waals surface area contributed by atoms with Crippen molar-refractivity contribution in [1.29, 1.82) is 0 Å². The number of rotatable bonds is 6. The van der Waals surface area contributed by atoms with Gasteiger partial charge in [0.1, 0.15) is 0 Å². The van der Waals surface area contributed by atoms with Crippen molar-refractivity contribution in [2.75, 3.05) is 19.6 Å². The van der Waals surface area contributed by atoms with Crippen molar-refractivity contribution in [3.05, 3.63) is 77.0 Å². The number of amides is 1. The van der Waals surface area contributed by atoms with Crippen LogP contribution in [0.4, 0.5) is 0 Å². The second kappa shape index (κ2) is 9.92. The summed E-state index contributed by atoms with van der Waals surface area (Å²) in [6.07, 6.45) is 4.98. The third-order valence-electron chi connectivity index (χ3n) is 6.08. The molecule has 0 spiro atoms. The Kier molecular flexibility index (Phi) is 6.82. The van der Waals surface area contributed by atoms with Gasteiger partial charge in [-0.15, -0.1) is 0 Å². The summed E-state index contributed by atoms with van der Waals surface area (Å²) in [5, 5.41) is 7.10. The average Bonchev–Trinajstić information content (AvgIpc) is 3.12. The molecule has 0 unspecified atom stereocenters. The second-order valence-electron chi connectivity index (χ2n) is 8.53. The van der Waals surface area contributed by atoms with Gasteiger partial charge in [0.25, 0.3) is 5.91 Å². The highest BCUT2D eigenvalue weighted by atomic mass is 16.5. The fourth-order valence-electron chi connectivity index (χ4n) is 4.17. The molecule has 0 radical (unpaired) electrons. The quantitative estimate of drug-likeness (QED) is 0.591. The summed E-state index contributed by atoms with van der Waals surface area (Å²) in [7, 11) is 0. The van der Waals surface area contributed by atoms with Crippen LogP contribution < -0.4 is 5.32 Å². The number of benzene rings is 2. The molecule has 2 heterocycles. The van der Waals surface area contributed by atoms with Crippen LogP contribution in [0.2, 0.25) is 0 Å². The Morgan fingerprint density at radius 1 is 0.968 bits per heavy atom. The van der Waals surface area contributed by atoms with Crippen LogP contribution in [0.3, 0.4) is 0 Å². The molecule has 1 amide bonds. The van der Waals surface area contributed by atoms with Crippen LogP contribution in [-0.2, 0) is 0 Å². The fraction of sp³-hybridized carbons (Fsp3) is 0.385. The van der Waals surface area contributed by atoms with E-state index in [1.54, 1.807) is 6.07 Å². The number of nitrogens with zero attached hydrogens (tertiary/aromatic N) is 2. The number of likely N-dealkylation sites (tertiary alicyclic amines) is 1. The van der Waals surface area contributed by atoms with Crippen molar-refractivity contribution in [1.82, 2.24) is 15.4 Å². The first-order chi connectivity index (χ1) is 15.1. The average molecular weight is 418 g/mol. The van der Waals surface area contributed by atoms with Crippen LogP contribution >= 0.6 is 0 Å². The first-order valence-corrected chi connectivity index (χ1v) is 11.2. The zero-order valence-electron chi connectivity index (χ0n) is 18.4. The number of aryl methyl sites for hydroxylation is 2. The molecule has 31 heavy (non-hydrogen) atoms. The summed E-state index contributed by atoms with van der Waals surface area (Å²) in [5.41, 5.74) is 4.90. The number of carbonyl (C=O) groups is 1. The standard InChI is InChI=1S/C26H31N3O2/c1-19-7-11-21(12-8-19)24(29-15-5-3-4-6-16-29)18-27-26(30)23-17-25(31-28-23)22-13-9-20(2)10-14-22/h7-14,17,24H,3-6,15-16,18H2,1-2H3,(H,27,30)/t24-/m0/s1. The maximum atomic E-state index is 12.8. The van der Waals surface area contributed by atoms with E-state index < -0.39 is 0 Å². The molecule has 5 nitrogen and oxygen atoms in total. The third kappa shape index (κ3) is 5.42. The summed E-state index contributed by atoms with van der Waals surface area (Å²) in [4.78, 5) is 15.3. The van der Waals surface area contributed by atoms with E-state index in [1.807, 2.05) is 31.2 Å². The molecule has 1 aliphatic heterocycles. The highest BCUT2D eigenvalue weighted by molar-refractivity contribution is 5.93. The van der Waals surface area contributed by atoms with Crippen molar-refractivity contribution < 1.29 is 9.32 Å². The SMILES string of the molecule is Cc1ccc(-c2cc(C(=O)NC[C@@H](c3ccc(C)cc3)N3CCCCCC3)no2)cc1. The van der Waals surface area contributed by atoms with E-state index in [0.29, 0.717) is 18.0 Å². The van der Waals surface area contributed by atoms with Gasteiger partial charge >= 0.3 is 0 Å². The van der Waals surface area contributed by atoms with Gasteiger partial charge in [0.05, 0.1) is 6.04 Å². The molecule has 1 aromatic heterocycles. The lowest BCUT2D eigenvalue weighted by molar-refractivity contribution is 0.0924. The Morgan fingerprint density at radius 2 is 1.58 bits per heavy atom. The van der Waals surface area contributed by atoms with Crippen molar-refractivity contribution in [2.24, 2.45) is 0 Å². The normalized spacial score (nSPS) is 15.9. The van der Waals surface area contributed by atoms with Crippen molar-refractivity contribution in [2.45, 2.75) is 45.6 Å². The molecule has 2 aromatic carbocycles. The minimum Gasteiger partial charge on any atom is -0.355 e. The molecule has 1 saturated heterocycles. The Labute approximate surface area is 184 Å². The van der Waals surface area contributed by atoms with Crippen molar-refractivity contribution >= 4 is 5.91 Å². The van der Waals surface area contributed by atoms with Crippen LogP contribution in [0, 0.1) is 13.8 Å². The number of hydrogen-bond acceptors (Lipinski definition) is 4. The van der Waals surface area contributed by atoms with Gasteiger partial charge in [-0.3, -0.25) is 9.69 Å². The van der Waals surface area contributed by atoms with Gasteiger partial charge in [0.15, 0.2) is 11.5 Å². The fourth-order valence-corrected chi connectivity index (χ4v) is 4.17. The van der Waals surface area contributed by atoms with Crippen LogP contribution in [0.1, 0.15) is 58.9 Å². The molecule has 0 bridgehead atoms. The highest BCUT2D eigenvalue weighted by Crippen LogP contribution is 2.25. The predicted molar refractivity (Wildman–Crippen MR) is 123 cm³/mol. The van der Waals surface area contributed by atoms with Gasteiger partial charge in [-0.1, -0.05) is 77.7 Å². The Balaban J connectivity index is 1.46. The number of carbonyl (C=O) groups excluding carboxylic acids is 1. The highest BCUT2D eigenvalue weighted by Gasteiger charge is 2.23. The Morgan fingerprint density at radius 3 is 2.23 bits per heavy atom. The lowest BCUT2D eigenvalue weighted by atomic mass is 10.0. The Hall–Kier alpha value is -2.92. The second-order valence-corrected chi connectivity index (χ2v) is 8.53. The van der Waals surface area contributed by atoms with Gasteiger partial charge in [0.2, 0.25) is 0 Å². The van der Waals surface area contributed by atoms with E-state index in [1.165, 1.54) is 42.4 Å². The van der Waals surface area contributed by atoms with Crippen molar-refractivity contribution in [3.8, 4) is 11.3 Å². The Bertz CT molecular complexity index is 984. The lowest BCUT2D eigenvalue weighted by Gasteiger charge is -2.31. The van der Waals surface area contributed by atoms with Gasteiger partial charge in [0, 0.05) is 18.2 Å². The summed E-state index contributed by atoms with van der Waals surface area (Å²) in [6.45, 7) is 6.82. The molecule has 162 valence electrons. The van der Waals surface area contributed by atoms with E-state index in [2.05, 4.69) is 46.6 Å². The van der Waals surface area contributed by atoms with Gasteiger partial charge in [-0.25, -0.2) is 0 Å². The molecule has 1 fully saturated rings. The van der Waals surface area contributed by atoms with Gasteiger partial charge in [-0.2, -0.15) is 0 Å². The maximum absolute atomic E-state index is 12.8. The predicted octanol–water partition coefficient (Wildman–Crippen LogP) is 5.31. The summed E-state index contributed by atoms with van der Waals surface area (Å²) in [5.74, 6) is 0.404. The van der Waals surface area contributed by atoms with Crippen LogP contribution in [0.15, 0.2) is 59.1 Å². The lowest BCUT2D eigenvalue weighted by Crippen LogP contribution is -2.38. The molecule has 1 N–H and O–H groups in total. The summed E-state index contributed by atoms with van der Waals surface area (Å²) in [6, 6.07) is 18.5. The topological polar surface area (TPSA) is 58.4 Å². The summed E-state index contributed by atoms with van der Waals surface area (Å²) >= 11 is 0. The van der Waals surface area contributed by atoms with E-state index in [-0.39, 0.29) is 11.9 Å². The zero-order valence-corrected chi connectivity index (χ0v) is 18.4. The molecular weight excluding hydrogens is 386 g/mol. The minimum absolute atomic E-state index is 0.158. The molecule has 4 rings (SSSR count). The largest absolute Gasteiger partial charge is 0.355 e. The molecule has 1 aliphatic rings.